The van der Waals surface area contributed by atoms with E-state index in [1.807, 2.05) is 6.07 Å². The van der Waals surface area contributed by atoms with Gasteiger partial charge >= 0.3 is 0 Å². The van der Waals surface area contributed by atoms with Crippen molar-refractivity contribution in [3.8, 4) is 0 Å². The summed E-state index contributed by atoms with van der Waals surface area (Å²) in [5.41, 5.74) is 1.16. The van der Waals surface area contributed by atoms with Crippen LogP contribution in [0.3, 0.4) is 0 Å². The predicted octanol–water partition coefficient (Wildman–Crippen LogP) is 1.41. The number of halogens is 1. The lowest BCUT2D eigenvalue weighted by atomic mass is 10.4. The Hall–Kier alpha value is -0.580. The number of hydrogen-bond donors (Lipinski definition) is 2. The first kappa shape index (κ1) is 13.5. The van der Waals surface area contributed by atoms with E-state index in [0.717, 1.165) is 31.4 Å². The first-order valence-corrected chi connectivity index (χ1v) is 5.83. The second kappa shape index (κ2) is 6.89. The smallest absolute Gasteiger partial charge is 0.0490 e. The van der Waals surface area contributed by atoms with Gasteiger partial charge in [0.25, 0.3) is 0 Å². The Morgan fingerprint density at radius 2 is 2.38 bits per heavy atom. The molecule has 0 aromatic carbocycles. The zero-order chi connectivity index (χ0) is 10.5. The molecular formula is C11H21ClN4. The van der Waals surface area contributed by atoms with E-state index >= 15 is 0 Å². The lowest BCUT2D eigenvalue weighted by Gasteiger charge is -2.19. The van der Waals surface area contributed by atoms with Crippen LogP contribution in [-0.4, -0.2) is 40.8 Å². The maximum absolute atomic E-state index is 3.92. The molecule has 0 amide bonds. The van der Waals surface area contributed by atoms with Crippen molar-refractivity contribution in [2.75, 3.05) is 19.6 Å². The van der Waals surface area contributed by atoms with E-state index in [4.69, 9.17) is 0 Å². The van der Waals surface area contributed by atoms with Gasteiger partial charge < -0.3 is 5.32 Å². The first-order valence-electron chi connectivity index (χ1n) is 5.83. The summed E-state index contributed by atoms with van der Waals surface area (Å²) < 4.78 is 0. The number of aromatic nitrogens is 2. The van der Waals surface area contributed by atoms with Crippen LogP contribution in [0.5, 0.6) is 0 Å². The van der Waals surface area contributed by atoms with E-state index in [1.54, 1.807) is 6.20 Å². The molecule has 0 radical (unpaired) electrons. The number of aromatic amines is 1. The Kier molecular flexibility index (Phi) is 5.80. The second-order valence-corrected chi connectivity index (χ2v) is 4.12. The van der Waals surface area contributed by atoms with Crippen molar-refractivity contribution in [1.29, 1.82) is 0 Å². The van der Waals surface area contributed by atoms with E-state index in [9.17, 15) is 0 Å². The van der Waals surface area contributed by atoms with Crippen molar-refractivity contribution in [2.24, 2.45) is 0 Å². The molecule has 1 aliphatic rings. The van der Waals surface area contributed by atoms with Crippen LogP contribution in [-0.2, 0) is 6.54 Å². The predicted molar refractivity (Wildman–Crippen MR) is 67.8 cm³/mol. The third-order valence-electron chi connectivity index (χ3n) is 2.92. The Morgan fingerprint density at radius 3 is 2.94 bits per heavy atom. The molecule has 5 heteroatoms. The molecule has 0 bridgehead atoms. The molecule has 4 nitrogen and oxygen atoms in total. The molecule has 0 aliphatic heterocycles. The van der Waals surface area contributed by atoms with Gasteiger partial charge in [0.1, 0.15) is 0 Å². The fourth-order valence-corrected chi connectivity index (χ4v) is 1.87. The highest BCUT2D eigenvalue weighted by Gasteiger charge is 2.26. The highest BCUT2D eigenvalue weighted by molar-refractivity contribution is 5.85. The zero-order valence-electron chi connectivity index (χ0n) is 9.78. The van der Waals surface area contributed by atoms with Gasteiger partial charge in [-0.15, -0.1) is 12.4 Å². The van der Waals surface area contributed by atoms with Gasteiger partial charge in [-0.25, -0.2) is 0 Å². The standard InChI is InChI=1S/C11H20N4.ClH/c1-2-15(11-3-4-11)8-7-12-9-10-5-6-13-14-10;/h5-6,11-12H,2-4,7-9H2,1H3,(H,13,14);1H. The van der Waals surface area contributed by atoms with Crippen molar-refractivity contribution in [3.05, 3.63) is 18.0 Å². The molecule has 2 rings (SSSR count). The normalized spacial score (nSPS) is 15.1. The molecule has 0 spiro atoms. The minimum atomic E-state index is 0. The minimum Gasteiger partial charge on any atom is -0.310 e. The van der Waals surface area contributed by atoms with Crippen LogP contribution < -0.4 is 5.32 Å². The summed E-state index contributed by atoms with van der Waals surface area (Å²) in [6, 6.07) is 2.88. The van der Waals surface area contributed by atoms with Gasteiger partial charge in [-0.3, -0.25) is 10.00 Å². The van der Waals surface area contributed by atoms with Gasteiger partial charge in [0.15, 0.2) is 0 Å². The molecule has 0 unspecified atom stereocenters. The Bertz CT molecular complexity index is 272. The van der Waals surface area contributed by atoms with E-state index in [2.05, 4.69) is 27.3 Å². The van der Waals surface area contributed by atoms with Crippen LogP contribution in [0.15, 0.2) is 12.3 Å². The van der Waals surface area contributed by atoms with Crippen LogP contribution >= 0.6 is 12.4 Å². The van der Waals surface area contributed by atoms with Crippen LogP contribution in [0.1, 0.15) is 25.5 Å². The molecule has 0 saturated heterocycles. The van der Waals surface area contributed by atoms with Crippen molar-refractivity contribution < 1.29 is 0 Å². The number of nitrogens with zero attached hydrogens (tertiary/aromatic N) is 2. The minimum absolute atomic E-state index is 0. The summed E-state index contributed by atoms with van der Waals surface area (Å²) in [6.07, 6.45) is 4.59. The molecular weight excluding hydrogens is 224 g/mol. The van der Waals surface area contributed by atoms with Crippen LogP contribution in [0.25, 0.3) is 0 Å². The van der Waals surface area contributed by atoms with Gasteiger partial charge in [-0.05, 0) is 25.5 Å². The summed E-state index contributed by atoms with van der Waals surface area (Å²) in [5, 5.41) is 10.3. The van der Waals surface area contributed by atoms with Gasteiger partial charge in [-0.2, -0.15) is 5.10 Å². The van der Waals surface area contributed by atoms with Crippen LogP contribution in [0, 0.1) is 0 Å². The summed E-state index contributed by atoms with van der Waals surface area (Å²) in [7, 11) is 0. The fraction of sp³-hybridized carbons (Fsp3) is 0.727. The Morgan fingerprint density at radius 1 is 1.56 bits per heavy atom. The Balaban J connectivity index is 0.00000128. The van der Waals surface area contributed by atoms with Gasteiger partial charge in [0.05, 0.1) is 0 Å². The van der Waals surface area contributed by atoms with Crippen molar-refractivity contribution in [2.45, 2.75) is 32.4 Å². The van der Waals surface area contributed by atoms with E-state index in [1.165, 1.54) is 19.4 Å². The fourth-order valence-electron chi connectivity index (χ4n) is 1.87. The maximum atomic E-state index is 3.92. The monoisotopic (exact) mass is 244 g/mol. The molecule has 1 heterocycles. The topological polar surface area (TPSA) is 44.0 Å². The highest BCUT2D eigenvalue weighted by Crippen LogP contribution is 2.25. The number of nitrogens with one attached hydrogen (secondary N) is 2. The van der Waals surface area contributed by atoms with E-state index < -0.39 is 0 Å². The van der Waals surface area contributed by atoms with Gasteiger partial charge in [-0.1, -0.05) is 6.92 Å². The first-order chi connectivity index (χ1) is 7.40. The lowest BCUT2D eigenvalue weighted by Crippen LogP contribution is -2.33. The van der Waals surface area contributed by atoms with Gasteiger partial charge in [0.2, 0.25) is 0 Å². The second-order valence-electron chi connectivity index (χ2n) is 4.12. The lowest BCUT2D eigenvalue weighted by molar-refractivity contribution is 0.277. The summed E-state index contributed by atoms with van der Waals surface area (Å²) in [5.74, 6) is 0. The Labute approximate surface area is 103 Å². The third-order valence-corrected chi connectivity index (χ3v) is 2.92. The quantitative estimate of drug-likeness (QED) is 0.713. The van der Waals surface area contributed by atoms with Crippen LogP contribution in [0.2, 0.25) is 0 Å². The van der Waals surface area contributed by atoms with Crippen molar-refractivity contribution >= 4 is 12.4 Å². The highest BCUT2D eigenvalue weighted by atomic mass is 35.5. The number of likely N-dealkylation sites (N-methyl/N-ethyl adjacent to an activating group) is 1. The average molecular weight is 245 g/mol. The molecule has 1 aliphatic carbocycles. The molecule has 1 aromatic rings. The molecule has 0 atom stereocenters. The largest absolute Gasteiger partial charge is 0.310 e. The van der Waals surface area contributed by atoms with Gasteiger partial charge in [0, 0.05) is 37.6 Å². The molecule has 1 aromatic heterocycles. The molecule has 1 fully saturated rings. The van der Waals surface area contributed by atoms with Crippen molar-refractivity contribution in [1.82, 2.24) is 20.4 Å². The summed E-state index contributed by atoms with van der Waals surface area (Å²) in [6.45, 7) is 6.53. The molecule has 16 heavy (non-hydrogen) atoms. The SMILES string of the molecule is CCN(CCNCc1ccn[nH]1)C1CC1.Cl. The maximum Gasteiger partial charge on any atom is 0.0490 e. The van der Waals surface area contributed by atoms with E-state index in [-0.39, 0.29) is 12.4 Å². The summed E-state index contributed by atoms with van der Waals surface area (Å²) >= 11 is 0. The molecule has 2 N–H and O–H groups in total. The average Bonchev–Trinajstić information content (AvgIpc) is 2.95. The zero-order valence-corrected chi connectivity index (χ0v) is 10.6. The third kappa shape index (κ3) is 4.12. The number of H-pyrrole nitrogens is 1. The molecule has 1 saturated carbocycles. The molecule has 92 valence electrons. The van der Waals surface area contributed by atoms with Crippen LogP contribution in [0.4, 0.5) is 0 Å². The van der Waals surface area contributed by atoms with Crippen molar-refractivity contribution in [3.63, 3.8) is 0 Å². The van der Waals surface area contributed by atoms with E-state index in [0.29, 0.717) is 0 Å². The number of rotatable bonds is 7. The number of hydrogen-bond acceptors (Lipinski definition) is 3. The summed E-state index contributed by atoms with van der Waals surface area (Å²) in [4.78, 5) is 2.56.